The number of sulfone groups is 1. The number of hydrogen-bond acceptors (Lipinski definition) is 4. The number of nitrogens with two attached hydrogens (primary N) is 2. The van der Waals surface area contributed by atoms with E-state index in [9.17, 15) is 13.2 Å². The smallest absolute Gasteiger partial charge is 0.280 e. The van der Waals surface area contributed by atoms with Gasteiger partial charge in [0.15, 0.2) is 15.8 Å². The van der Waals surface area contributed by atoms with Crippen LogP contribution in [0.15, 0.2) is 28.1 Å². The Balaban J connectivity index is 2.52. The molecule has 0 aromatic heterocycles. The average Bonchev–Trinajstić information content (AvgIpc) is 2.60. The van der Waals surface area contributed by atoms with E-state index < -0.39 is 15.7 Å². The molecular formula is C12H16N4O3S. The molecule has 20 heavy (non-hydrogen) atoms. The Labute approximate surface area is 117 Å². The van der Waals surface area contributed by atoms with Crippen LogP contribution < -0.4 is 11.5 Å². The summed E-state index contributed by atoms with van der Waals surface area (Å²) in [5, 5.41) is 0. The Morgan fingerprint density at radius 3 is 2.55 bits per heavy atom. The zero-order valence-electron chi connectivity index (χ0n) is 11.2. The van der Waals surface area contributed by atoms with E-state index in [1.54, 1.807) is 6.07 Å². The van der Waals surface area contributed by atoms with Gasteiger partial charge >= 0.3 is 0 Å². The Bertz CT molecular complexity index is 691. The standard InChI is InChI=1S/C12H16N4O3S/c1-16(2)9-6-20(18,19)10-5-7(3-4-8(9)10)11(17)15-12(13)14/h3-5,9H,6H2,1-2H3,(H4,13,14,15,17). The summed E-state index contributed by atoms with van der Waals surface area (Å²) in [6.07, 6.45) is 0. The minimum atomic E-state index is -3.39. The van der Waals surface area contributed by atoms with Gasteiger partial charge in [0, 0.05) is 11.6 Å². The van der Waals surface area contributed by atoms with Crippen LogP contribution in [0, 0.1) is 0 Å². The van der Waals surface area contributed by atoms with Gasteiger partial charge in [0.25, 0.3) is 5.91 Å². The van der Waals surface area contributed by atoms with Crippen LogP contribution in [0.3, 0.4) is 0 Å². The lowest BCUT2D eigenvalue weighted by Gasteiger charge is -2.18. The fourth-order valence-electron chi connectivity index (χ4n) is 2.21. The fourth-order valence-corrected chi connectivity index (χ4v) is 4.15. The topological polar surface area (TPSA) is 119 Å². The van der Waals surface area contributed by atoms with Gasteiger partial charge in [-0.05, 0) is 31.8 Å². The summed E-state index contributed by atoms with van der Waals surface area (Å²) >= 11 is 0. The van der Waals surface area contributed by atoms with Crippen molar-refractivity contribution in [3.63, 3.8) is 0 Å². The summed E-state index contributed by atoms with van der Waals surface area (Å²) in [5.41, 5.74) is 11.1. The monoisotopic (exact) mass is 296 g/mol. The first-order chi connectivity index (χ1) is 9.22. The van der Waals surface area contributed by atoms with E-state index in [4.69, 9.17) is 11.5 Å². The first kappa shape index (κ1) is 14.5. The molecule has 1 aromatic rings. The second-order valence-corrected chi connectivity index (χ2v) is 6.86. The summed E-state index contributed by atoms with van der Waals surface area (Å²) in [5.74, 6) is -1.00. The molecule has 1 aliphatic heterocycles. The SMILES string of the molecule is CN(C)C1CS(=O)(=O)c2cc(C(=O)N=C(N)N)ccc21. The van der Waals surface area contributed by atoms with Crippen molar-refractivity contribution in [2.45, 2.75) is 10.9 Å². The van der Waals surface area contributed by atoms with Gasteiger partial charge in [0.05, 0.1) is 10.6 Å². The molecule has 1 atom stereocenters. The van der Waals surface area contributed by atoms with Crippen LogP contribution in [0.4, 0.5) is 0 Å². The van der Waals surface area contributed by atoms with E-state index in [-0.39, 0.29) is 28.2 Å². The highest BCUT2D eigenvalue weighted by atomic mass is 32.2. The number of hydrogen-bond donors (Lipinski definition) is 2. The second-order valence-electron chi connectivity index (χ2n) is 4.86. The summed E-state index contributed by atoms with van der Waals surface area (Å²) in [7, 11) is 0.237. The van der Waals surface area contributed by atoms with Crippen LogP contribution in [0.1, 0.15) is 22.0 Å². The van der Waals surface area contributed by atoms with Crippen LogP contribution in [0.5, 0.6) is 0 Å². The molecule has 1 heterocycles. The number of benzene rings is 1. The van der Waals surface area contributed by atoms with E-state index in [1.165, 1.54) is 12.1 Å². The molecule has 8 heteroatoms. The molecule has 0 saturated carbocycles. The molecule has 1 aliphatic rings. The minimum Gasteiger partial charge on any atom is -0.370 e. The number of nitrogens with zero attached hydrogens (tertiary/aromatic N) is 2. The van der Waals surface area contributed by atoms with Crippen molar-refractivity contribution in [1.82, 2.24) is 4.90 Å². The zero-order chi connectivity index (χ0) is 15.1. The molecule has 4 N–H and O–H groups in total. The van der Waals surface area contributed by atoms with Gasteiger partial charge in [-0.1, -0.05) is 6.07 Å². The molecular weight excluding hydrogens is 280 g/mol. The number of rotatable bonds is 2. The van der Waals surface area contributed by atoms with Gasteiger partial charge in [0.1, 0.15) is 0 Å². The molecule has 1 amide bonds. The summed E-state index contributed by atoms with van der Waals surface area (Å²) < 4.78 is 24.3. The Morgan fingerprint density at radius 1 is 1.35 bits per heavy atom. The normalized spacial score (nSPS) is 19.6. The van der Waals surface area contributed by atoms with Crippen LogP contribution >= 0.6 is 0 Å². The van der Waals surface area contributed by atoms with E-state index in [0.717, 1.165) is 0 Å². The van der Waals surface area contributed by atoms with E-state index in [0.29, 0.717) is 5.56 Å². The first-order valence-corrected chi connectivity index (χ1v) is 7.54. The maximum atomic E-state index is 12.1. The van der Waals surface area contributed by atoms with Crippen molar-refractivity contribution >= 4 is 21.7 Å². The van der Waals surface area contributed by atoms with Gasteiger partial charge in [-0.15, -0.1) is 0 Å². The Kier molecular flexibility index (Phi) is 3.53. The highest BCUT2D eigenvalue weighted by molar-refractivity contribution is 7.91. The van der Waals surface area contributed by atoms with Crippen LogP contribution in [-0.2, 0) is 9.84 Å². The van der Waals surface area contributed by atoms with Crippen molar-refractivity contribution in [2.24, 2.45) is 16.5 Å². The highest BCUT2D eigenvalue weighted by Crippen LogP contribution is 2.36. The number of amides is 1. The molecule has 0 radical (unpaired) electrons. The largest absolute Gasteiger partial charge is 0.370 e. The second kappa shape index (κ2) is 4.88. The molecule has 7 nitrogen and oxygen atoms in total. The minimum absolute atomic E-state index is 0.00920. The number of guanidine groups is 1. The van der Waals surface area contributed by atoms with Crippen molar-refractivity contribution in [1.29, 1.82) is 0 Å². The molecule has 0 bridgehead atoms. The van der Waals surface area contributed by atoms with Crippen molar-refractivity contribution < 1.29 is 13.2 Å². The molecule has 0 aliphatic carbocycles. The lowest BCUT2D eigenvalue weighted by atomic mass is 10.1. The van der Waals surface area contributed by atoms with Gasteiger partial charge in [-0.2, -0.15) is 4.99 Å². The van der Waals surface area contributed by atoms with Crippen LogP contribution in [0.2, 0.25) is 0 Å². The van der Waals surface area contributed by atoms with Gasteiger partial charge in [0.2, 0.25) is 0 Å². The molecule has 0 spiro atoms. The average molecular weight is 296 g/mol. The van der Waals surface area contributed by atoms with Crippen LogP contribution in [-0.4, -0.2) is 45.0 Å². The molecule has 1 aromatic carbocycles. The van der Waals surface area contributed by atoms with Crippen LogP contribution in [0.25, 0.3) is 0 Å². The van der Waals surface area contributed by atoms with E-state index in [1.807, 2.05) is 19.0 Å². The molecule has 108 valence electrons. The molecule has 1 unspecified atom stereocenters. The third-order valence-electron chi connectivity index (χ3n) is 3.19. The first-order valence-electron chi connectivity index (χ1n) is 5.89. The zero-order valence-corrected chi connectivity index (χ0v) is 12.0. The summed E-state index contributed by atoms with van der Waals surface area (Å²) in [4.78, 5) is 17.1. The van der Waals surface area contributed by atoms with Crippen molar-refractivity contribution in [3.05, 3.63) is 29.3 Å². The number of carbonyl (C=O) groups excluding carboxylic acids is 1. The molecule has 0 saturated heterocycles. The molecule has 0 fully saturated rings. The maximum absolute atomic E-state index is 12.1. The van der Waals surface area contributed by atoms with Gasteiger partial charge < -0.3 is 16.4 Å². The van der Waals surface area contributed by atoms with Crippen molar-refractivity contribution in [3.8, 4) is 0 Å². The maximum Gasteiger partial charge on any atom is 0.280 e. The highest BCUT2D eigenvalue weighted by Gasteiger charge is 2.36. The summed E-state index contributed by atoms with van der Waals surface area (Å²) in [6, 6.07) is 4.30. The Morgan fingerprint density at radius 2 is 2.00 bits per heavy atom. The summed E-state index contributed by atoms with van der Waals surface area (Å²) in [6.45, 7) is 0. The van der Waals surface area contributed by atoms with E-state index in [2.05, 4.69) is 4.99 Å². The quantitative estimate of drug-likeness (QED) is 0.560. The number of fused-ring (bicyclic) bond motifs is 1. The predicted molar refractivity (Wildman–Crippen MR) is 75.1 cm³/mol. The van der Waals surface area contributed by atoms with E-state index >= 15 is 0 Å². The van der Waals surface area contributed by atoms with Crippen molar-refractivity contribution in [2.75, 3.05) is 19.8 Å². The lowest BCUT2D eigenvalue weighted by molar-refractivity contribution is 0.100. The number of carbonyl (C=O) groups is 1. The van der Waals surface area contributed by atoms with Gasteiger partial charge in [-0.25, -0.2) is 8.42 Å². The third-order valence-corrected chi connectivity index (χ3v) is 4.96. The predicted octanol–water partition coefficient (Wildman–Crippen LogP) is -0.510. The fraction of sp³-hybridized carbons (Fsp3) is 0.333. The Hall–Kier alpha value is -1.93. The third kappa shape index (κ3) is 2.52. The number of aliphatic imine (C=N–C) groups is 1. The lowest BCUT2D eigenvalue weighted by Crippen LogP contribution is -2.24. The molecule has 2 rings (SSSR count). The van der Waals surface area contributed by atoms with Gasteiger partial charge in [-0.3, -0.25) is 4.79 Å².